The Bertz CT molecular complexity index is 683. The molecular formula is C21H31F2N2O2S+. The normalized spacial score (nSPS) is 23.3. The van der Waals surface area contributed by atoms with E-state index in [1.807, 2.05) is 0 Å². The van der Waals surface area contributed by atoms with E-state index in [9.17, 15) is 13.9 Å². The van der Waals surface area contributed by atoms with E-state index in [-0.39, 0.29) is 5.75 Å². The Morgan fingerprint density at radius 2 is 2.04 bits per heavy atom. The lowest BCUT2D eigenvalue weighted by atomic mass is 10.0. The van der Waals surface area contributed by atoms with Crippen molar-refractivity contribution in [3.63, 3.8) is 0 Å². The van der Waals surface area contributed by atoms with Crippen LogP contribution in [0.2, 0.25) is 0 Å². The highest BCUT2D eigenvalue weighted by Gasteiger charge is 2.54. The van der Waals surface area contributed by atoms with E-state index in [2.05, 4.69) is 28.1 Å². The molecule has 1 aromatic rings. The number of ether oxygens (including phenoxy) is 1. The van der Waals surface area contributed by atoms with Crippen LogP contribution in [0, 0.1) is 5.92 Å². The van der Waals surface area contributed by atoms with Crippen LogP contribution in [0.4, 0.5) is 8.78 Å². The van der Waals surface area contributed by atoms with Crippen molar-refractivity contribution in [1.82, 2.24) is 4.90 Å². The van der Waals surface area contributed by atoms with Gasteiger partial charge in [0.05, 0.1) is 13.1 Å². The lowest BCUT2D eigenvalue weighted by Gasteiger charge is -2.30. The molecule has 0 saturated carbocycles. The van der Waals surface area contributed by atoms with Crippen LogP contribution in [0.1, 0.15) is 51.5 Å². The molecule has 0 aliphatic carbocycles. The summed E-state index contributed by atoms with van der Waals surface area (Å²) in [6.45, 7) is 3.93. The van der Waals surface area contributed by atoms with Gasteiger partial charge in [-0.2, -0.15) is 8.78 Å². The molecule has 0 radical (unpaired) electrons. The van der Waals surface area contributed by atoms with Crippen LogP contribution in [0.15, 0.2) is 24.3 Å². The standard InChI is InChI=1S/C21H31F2N2O2S/c1-3-16(2)7-4-5-12-24-15-21(26,25-13-6-14-28-20(24)25)17-8-10-18(11-9-17)27-19(22)23/h8-11,16,19,26H,3-7,12-15H2,1-2H3/q+1/t16-,21-/m0/s1. The number of hydrogen-bond acceptors (Lipinski definition) is 4. The fraction of sp³-hybridized carbons (Fsp3) is 0.667. The Labute approximate surface area is 170 Å². The monoisotopic (exact) mass is 413 g/mol. The molecule has 7 heteroatoms. The Balaban J connectivity index is 1.70. The van der Waals surface area contributed by atoms with Crippen LogP contribution in [0.5, 0.6) is 5.75 Å². The number of β-amino-alcohol motifs (C(OH)–C–C–N with tert-alkyl or cyclic N) is 1. The Hall–Kier alpha value is -1.34. The van der Waals surface area contributed by atoms with Crippen LogP contribution < -0.4 is 4.74 Å². The van der Waals surface area contributed by atoms with Gasteiger partial charge in [0, 0.05) is 11.3 Å². The van der Waals surface area contributed by atoms with E-state index in [0.717, 1.165) is 48.3 Å². The van der Waals surface area contributed by atoms with Gasteiger partial charge in [0.25, 0.3) is 5.72 Å². The average molecular weight is 414 g/mol. The van der Waals surface area contributed by atoms with Gasteiger partial charge < -0.3 is 9.84 Å². The maximum absolute atomic E-state index is 12.4. The van der Waals surface area contributed by atoms with Gasteiger partial charge in [-0.1, -0.05) is 26.7 Å². The highest BCUT2D eigenvalue weighted by Crippen LogP contribution is 2.37. The van der Waals surface area contributed by atoms with Crippen LogP contribution >= 0.6 is 11.8 Å². The zero-order valence-electron chi connectivity index (χ0n) is 16.7. The summed E-state index contributed by atoms with van der Waals surface area (Å²) in [5, 5.41) is 12.7. The van der Waals surface area contributed by atoms with Gasteiger partial charge in [0.2, 0.25) is 0 Å². The molecule has 2 heterocycles. The maximum atomic E-state index is 12.4. The molecule has 156 valence electrons. The molecule has 1 N–H and O–H groups in total. The van der Waals surface area contributed by atoms with Crippen molar-refractivity contribution in [2.75, 3.05) is 25.4 Å². The van der Waals surface area contributed by atoms with Crippen LogP contribution in [0.3, 0.4) is 0 Å². The van der Waals surface area contributed by atoms with Crippen LogP contribution in [0.25, 0.3) is 0 Å². The summed E-state index contributed by atoms with van der Waals surface area (Å²) in [6, 6.07) is 6.40. The summed E-state index contributed by atoms with van der Waals surface area (Å²) in [6.07, 6.45) is 5.79. The Morgan fingerprint density at radius 1 is 1.29 bits per heavy atom. The summed E-state index contributed by atoms with van der Waals surface area (Å²) in [7, 11) is 0. The third-order valence-corrected chi connectivity index (χ3v) is 6.96. The molecule has 0 amide bonds. The first-order chi connectivity index (χ1) is 13.4. The van der Waals surface area contributed by atoms with Crippen molar-refractivity contribution in [3.8, 4) is 5.75 Å². The minimum atomic E-state index is -2.84. The molecule has 28 heavy (non-hydrogen) atoms. The van der Waals surface area contributed by atoms with E-state index in [4.69, 9.17) is 0 Å². The second-order valence-corrected chi connectivity index (χ2v) is 8.85. The van der Waals surface area contributed by atoms with Gasteiger partial charge in [0.15, 0.2) is 6.54 Å². The van der Waals surface area contributed by atoms with E-state index in [1.165, 1.54) is 31.4 Å². The third kappa shape index (κ3) is 4.79. The number of nitrogens with zero attached hydrogens (tertiary/aromatic N) is 2. The van der Waals surface area contributed by atoms with Crippen molar-refractivity contribution in [3.05, 3.63) is 29.8 Å². The highest BCUT2D eigenvalue weighted by molar-refractivity contribution is 8.13. The van der Waals surface area contributed by atoms with Crippen molar-refractivity contribution < 1.29 is 23.2 Å². The van der Waals surface area contributed by atoms with Gasteiger partial charge in [-0.05, 0) is 61.2 Å². The number of halogens is 2. The van der Waals surface area contributed by atoms with Gasteiger partial charge in [0.1, 0.15) is 5.75 Å². The van der Waals surface area contributed by atoms with E-state index < -0.39 is 12.3 Å². The molecular weight excluding hydrogens is 382 g/mol. The second-order valence-electron chi connectivity index (χ2n) is 7.79. The first-order valence-corrected chi connectivity index (χ1v) is 11.2. The summed E-state index contributed by atoms with van der Waals surface area (Å²) < 4.78 is 31.5. The number of aliphatic hydroxyl groups is 1. The molecule has 0 aromatic heterocycles. The quantitative estimate of drug-likeness (QED) is 0.479. The number of hydrogen-bond donors (Lipinski definition) is 1. The topological polar surface area (TPSA) is 35.7 Å². The summed E-state index contributed by atoms with van der Waals surface area (Å²) in [5.74, 6) is 1.93. The molecule has 2 aliphatic heterocycles. The predicted octanol–water partition coefficient (Wildman–Crippen LogP) is 4.47. The minimum Gasteiger partial charge on any atom is -0.435 e. The number of amidine groups is 1. The van der Waals surface area contributed by atoms with Gasteiger partial charge in [-0.15, -0.1) is 0 Å². The number of thioether (sulfide) groups is 1. The van der Waals surface area contributed by atoms with Crippen LogP contribution in [-0.2, 0) is 5.72 Å². The zero-order valence-corrected chi connectivity index (χ0v) is 17.6. The molecule has 3 rings (SSSR count). The van der Waals surface area contributed by atoms with E-state index in [1.54, 1.807) is 23.9 Å². The van der Waals surface area contributed by atoms with Crippen LogP contribution in [-0.4, -0.2) is 51.7 Å². The lowest BCUT2D eigenvalue weighted by Crippen LogP contribution is -2.48. The number of unbranched alkanes of at least 4 members (excludes halogenated alkanes) is 1. The summed E-state index contributed by atoms with van der Waals surface area (Å²) in [5.41, 5.74) is -0.403. The van der Waals surface area contributed by atoms with E-state index in [0.29, 0.717) is 6.54 Å². The lowest BCUT2D eigenvalue weighted by molar-refractivity contribution is -0.532. The fourth-order valence-electron chi connectivity index (χ4n) is 3.91. The number of rotatable bonds is 9. The smallest absolute Gasteiger partial charge is 0.387 e. The minimum absolute atomic E-state index is 0.111. The summed E-state index contributed by atoms with van der Waals surface area (Å²) >= 11 is 1.80. The molecule has 0 unspecified atom stereocenters. The van der Waals surface area contributed by atoms with Crippen molar-refractivity contribution >= 4 is 16.9 Å². The predicted molar refractivity (Wildman–Crippen MR) is 109 cm³/mol. The van der Waals surface area contributed by atoms with Crippen molar-refractivity contribution in [1.29, 1.82) is 0 Å². The van der Waals surface area contributed by atoms with Gasteiger partial charge >= 0.3 is 11.8 Å². The molecule has 0 spiro atoms. The third-order valence-electron chi connectivity index (χ3n) is 5.73. The Morgan fingerprint density at radius 3 is 2.71 bits per heavy atom. The second kappa shape index (κ2) is 9.44. The molecule has 2 aliphatic rings. The summed E-state index contributed by atoms with van der Waals surface area (Å²) in [4.78, 5) is 2.08. The number of alkyl halides is 2. The highest BCUT2D eigenvalue weighted by atomic mass is 32.2. The van der Waals surface area contributed by atoms with Gasteiger partial charge in [-0.25, -0.2) is 9.48 Å². The SMILES string of the molecule is CC[C@H](C)CCCC[N+]1=C2SCCCN2[C@@](O)(c2ccc(OC(F)F)cc2)C1. The molecule has 0 bridgehead atoms. The largest absolute Gasteiger partial charge is 0.435 e. The molecule has 4 nitrogen and oxygen atoms in total. The average Bonchev–Trinajstić information content (AvgIpc) is 2.98. The first kappa shape index (κ1) is 21.4. The first-order valence-electron chi connectivity index (χ1n) is 10.2. The number of benzene rings is 1. The zero-order chi connectivity index (χ0) is 20.1. The molecule has 2 atom stereocenters. The maximum Gasteiger partial charge on any atom is 0.387 e. The van der Waals surface area contributed by atoms with Crippen molar-refractivity contribution in [2.24, 2.45) is 5.92 Å². The molecule has 1 aromatic carbocycles. The fourth-order valence-corrected chi connectivity index (χ4v) is 5.10. The molecule has 1 fully saturated rings. The molecule has 1 saturated heterocycles. The number of fused-ring (bicyclic) bond motifs is 1. The van der Waals surface area contributed by atoms with E-state index >= 15 is 0 Å². The van der Waals surface area contributed by atoms with Gasteiger partial charge in [-0.3, -0.25) is 0 Å². The Kier molecular flexibility index (Phi) is 7.20. The van der Waals surface area contributed by atoms with Crippen molar-refractivity contribution in [2.45, 2.75) is 58.3 Å².